The zero-order chi connectivity index (χ0) is 65.6. The van der Waals surface area contributed by atoms with Crippen molar-refractivity contribution in [3.05, 3.63) is 350 Å². The number of nitriles is 2. The standard InChI is InChI=1S/C90H54N8/c1-93-81-36-19-18-34-73(81)69-38-44-76(87(55-69)98-84-47-41-65(61-26-10-4-11-27-61)52-79(84)80-53-66(42-48-85(80)98)62-28-12-5-13-29-62)90-95-88(74-35-17-16-33-72(74)67-31-20-21-58(49-67)56-91)94-89(96-90)75-43-37-68(71-32-15-14-30-70(71)57-92)54-86(75)97-82-45-39-63(59-22-6-2-7-23-59)50-77(82)78-51-64(40-46-83(78)97)60-24-8-3-9-25-60/h2-55H. The van der Waals surface area contributed by atoms with E-state index in [2.05, 4.69) is 232 Å². The minimum atomic E-state index is 0.396. The molecule has 3 aromatic heterocycles. The average molecular weight is 1250 g/mol. The molecule has 0 atom stereocenters. The van der Waals surface area contributed by atoms with Gasteiger partial charge in [0.1, 0.15) is 0 Å². The summed E-state index contributed by atoms with van der Waals surface area (Å²) in [6.07, 6.45) is 0. The third-order valence-electron chi connectivity index (χ3n) is 18.7. The van der Waals surface area contributed by atoms with Crippen LogP contribution in [0.15, 0.2) is 328 Å². The van der Waals surface area contributed by atoms with Crippen LogP contribution in [-0.2, 0) is 0 Å². The molecule has 17 aromatic rings. The number of hydrogen-bond donors (Lipinski definition) is 0. The summed E-state index contributed by atoms with van der Waals surface area (Å²) in [4.78, 5) is 21.2. The first-order valence-electron chi connectivity index (χ1n) is 32.5. The number of benzene rings is 14. The first-order valence-corrected chi connectivity index (χ1v) is 32.5. The molecule has 3 heterocycles. The number of aromatic nitrogens is 5. The lowest BCUT2D eigenvalue weighted by Crippen LogP contribution is -2.06. The first-order chi connectivity index (χ1) is 48.4. The Balaban J connectivity index is 0.980. The Morgan fingerprint density at radius 2 is 0.612 bits per heavy atom. The van der Waals surface area contributed by atoms with Gasteiger partial charge in [-0.25, -0.2) is 19.8 Å². The van der Waals surface area contributed by atoms with Gasteiger partial charge < -0.3 is 9.13 Å². The van der Waals surface area contributed by atoms with E-state index in [1.165, 1.54) is 0 Å². The molecule has 0 aliphatic carbocycles. The third-order valence-corrected chi connectivity index (χ3v) is 18.7. The molecule has 14 aromatic carbocycles. The molecule has 0 spiro atoms. The largest absolute Gasteiger partial charge is 0.308 e. The Morgan fingerprint density at radius 1 is 0.265 bits per heavy atom. The number of rotatable bonds is 12. The maximum Gasteiger partial charge on any atom is 0.194 e. The maximum atomic E-state index is 10.7. The molecule has 8 heteroatoms. The molecular formula is C90H54N8. The highest BCUT2D eigenvalue weighted by molar-refractivity contribution is 6.14. The normalized spacial score (nSPS) is 11.2. The number of nitrogens with zero attached hydrogens (tertiary/aromatic N) is 8. The van der Waals surface area contributed by atoms with Crippen LogP contribution in [0.2, 0.25) is 0 Å². The van der Waals surface area contributed by atoms with Gasteiger partial charge in [-0.1, -0.05) is 237 Å². The van der Waals surface area contributed by atoms with Gasteiger partial charge in [-0.15, -0.1) is 0 Å². The lowest BCUT2D eigenvalue weighted by Gasteiger charge is -2.19. The summed E-state index contributed by atoms with van der Waals surface area (Å²) in [6, 6.07) is 117. The highest BCUT2D eigenvalue weighted by Gasteiger charge is 2.26. The number of para-hydroxylation sites is 1. The van der Waals surface area contributed by atoms with Gasteiger partial charge in [0, 0.05) is 38.2 Å². The Kier molecular flexibility index (Phi) is 14.5. The van der Waals surface area contributed by atoms with Crippen LogP contribution in [0.4, 0.5) is 5.69 Å². The van der Waals surface area contributed by atoms with Crippen LogP contribution in [0.1, 0.15) is 11.1 Å². The molecule has 0 radical (unpaired) electrons. The molecule has 98 heavy (non-hydrogen) atoms. The van der Waals surface area contributed by atoms with Crippen molar-refractivity contribution in [3.63, 3.8) is 0 Å². The van der Waals surface area contributed by atoms with Crippen LogP contribution < -0.4 is 0 Å². The summed E-state index contributed by atoms with van der Waals surface area (Å²) >= 11 is 0. The predicted octanol–water partition coefficient (Wildman–Crippen LogP) is 23.0. The first kappa shape index (κ1) is 58.0. The van der Waals surface area contributed by atoms with E-state index in [4.69, 9.17) is 21.5 Å². The van der Waals surface area contributed by atoms with Gasteiger partial charge in [-0.3, -0.25) is 0 Å². The summed E-state index contributed by atoms with van der Waals surface area (Å²) in [5.41, 5.74) is 22.9. The van der Waals surface area contributed by atoms with E-state index in [0.29, 0.717) is 45.4 Å². The quantitative estimate of drug-likeness (QED) is 0.113. The van der Waals surface area contributed by atoms with Gasteiger partial charge in [-0.2, -0.15) is 10.5 Å². The van der Waals surface area contributed by atoms with Crippen LogP contribution in [0.3, 0.4) is 0 Å². The number of fused-ring (bicyclic) bond motifs is 6. The van der Waals surface area contributed by atoms with E-state index in [0.717, 1.165) is 138 Å². The summed E-state index contributed by atoms with van der Waals surface area (Å²) in [6.45, 7) is 8.41. The molecule has 0 saturated heterocycles. The van der Waals surface area contributed by atoms with E-state index < -0.39 is 0 Å². The van der Waals surface area contributed by atoms with Gasteiger partial charge in [-0.05, 0) is 169 Å². The van der Waals surface area contributed by atoms with Gasteiger partial charge in [0.15, 0.2) is 23.2 Å². The zero-order valence-electron chi connectivity index (χ0n) is 52.8. The molecule has 0 unspecified atom stereocenters. The molecule has 0 amide bonds. The Morgan fingerprint density at radius 3 is 1.04 bits per heavy atom. The van der Waals surface area contributed by atoms with Crippen molar-refractivity contribution < 1.29 is 0 Å². The molecule has 0 fully saturated rings. The maximum absolute atomic E-state index is 10.7. The van der Waals surface area contributed by atoms with Crippen molar-refractivity contribution in [1.29, 1.82) is 10.5 Å². The average Bonchev–Trinajstić information content (AvgIpc) is 1.40. The smallest absolute Gasteiger partial charge is 0.194 e. The number of hydrogen-bond acceptors (Lipinski definition) is 5. The van der Waals surface area contributed by atoms with Crippen molar-refractivity contribution in [2.75, 3.05) is 0 Å². The molecule has 0 aliphatic heterocycles. The molecule has 0 N–H and O–H groups in total. The summed E-state index contributed by atoms with van der Waals surface area (Å²) in [5, 5.41) is 25.2. The minimum Gasteiger partial charge on any atom is -0.308 e. The fraction of sp³-hybridized carbons (Fsp3) is 0. The SMILES string of the molecule is [C-]#[N+]c1ccccc1-c1ccc(-c2nc(-c3ccccc3-c3cccc(C#N)c3)nc(-c3ccc(-c4ccccc4C#N)cc3-n3c4ccc(-c5ccccc5)cc4c4cc(-c5ccccc5)ccc43)n2)c(-n2c3ccc(-c4ccccc4)cc3c3cc(-c4ccccc4)ccc32)c1. The topological polar surface area (TPSA) is 100 Å². The van der Waals surface area contributed by atoms with E-state index >= 15 is 0 Å². The van der Waals surface area contributed by atoms with Crippen LogP contribution in [0, 0.1) is 29.2 Å². The molecule has 0 bridgehead atoms. The van der Waals surface area contributed by atoms with E-state index in [1.54, 1.807) is 0 Å². The Labute approximate surface area is 566 Å². The highest BCUT2D eigenvalue weighted by Crippen LogP contribution is 2.46. The van der Waals surface area contributed by atoms with Crippen LogP contribution in [0.5, 0.6) is 0 Å². The van der Waals surface area contributed by atoms with Gasteiger partial charge >= 0.3 is 0 Å². The molecule has 17 rings (SSSR count). The summed E-state index contributed by atoms with van der Waals surface area (Å²) in [7, 11) is 0. The minimum absolute atomic E-state index is 0.396. The van der Waals surface area contributed by atoms with Crippen molar-refractivity contribution in [2.24, 2.45) is 0 Å². The lowest BCUT2D eigenvalue weighted by atomic mass is 9.96. The summed E-state index contributed by atoms with van der Waals surface area (Å²) < 4.78 is 4.66. The second kappa shape index (κ2) is 24.6. The molecule has 454 valence electrons. The molecule has 8 nitrogen and oxygen atoms in total. The van der Waals surface area contributed by atoms with Gasteiger partial charge in [0.25, 0.3) is 0 Å². The van der Waals surface area contributed by atoms with Crippen LogP contribution in [-0.4, -0.2) is 24.1 Å². The van der Waals surface area contributed by atoms with Gasteiger partial charge in [0.05, 0.1) is 63.3 Å². The Hall–Kier alpha value is -13.8. The van der Waals surface area contributed by atoms with E-state index in [1.807, 2.05) is 121 Å². The zero-order valence-corrected chi connectivity index (χ0v) is 52.8. The third kappa shape index (κ3) is 10.3. The molecular weight excluding hydrogens is 1190 g/mol. The monoisotopic (exact) mass is 1250 g/mol. The van der Waals surface area contributed by atoms with Crippen molar-refractivity contribution in [3.8, 4) is 136 Å². The van der Waals surface area contributed by atoms with E-state index in [-0.39, 0.29) is 0 Å². The second-order valence-corrected chi connectivity index (χ2v) is 24.4. The Bertz CT molecular complexity index is 5630. The van der Waals surface area contributed by atoms with Crippen LogP contribution >= 0.6 is 0 Å². The van der Waals surface area contributed by atoms with Gasteiger partial charge in [0.2, 0.25) is 0 Å². The van der Waals surface area contributed by atoms with E-state index in [9.17, 15) is 10.5 Å². The predicted molar refractivity (Wildman–Crippen MR) is 399 cm³/mol. The fourth-order valence-electron chi connectivity index (χ4n) is 14.0. The van der Waals surface area contributed by atoms with Crippen molar-refractivity contribution in [2.45, 2.75) is 0 Å². The summed E-state index contributed by atoms with van der Waals surface area (Å²) in [5.74, 6) is 1.20. The fourth-order valence-corrected chi connectivity index (χ4v) is 14.0. The second-order valence-electron chi connectivity index (χ2n) is 24.4. The molecule has 0 aliphatic rings. The van der Waals surface area contributed by atoms with Crippen molar-refractivity contribution >= 4 is 49.3 Å². The van der Waals surface area contributed by atoms with Crippen LogP contribution in [0.25, 0.3) is 172 Å². The highest BCUT2D eigenvalue weighted by atomic mass is 15.1. The molecule has 0 saturated carbocycles. The lowest BCUT2D eigenvalue weighted by molar-refractivity contribution is 1.06. The van der Waals surface area contributed by atoms with Crippen molar-refractivity contribution in [1.82, 2.24) is 24.1 Å².